The first-order valence-electron chi connectivity index (χ1n) is 5.00. The molecule has 1 unspecified atom stereocenters. The van der Waals surface area contributed by atoms with Crippen LogP contribution in [0.25, 0.3) is 0 Å². The molecule has 0 N–H and O–H groups in total. The number of pyridine rings is 1. The lowest BCUT2D eigenvalue weighted by Crippen LogP contribution is -2.35. The van der Waals surface area contributed by atoms with E-state index in [-0.39, 0.29) is 11.6 Å². The van der Waals surface area contributed by atoms with Gasteiger partial charge < -0.3 is 5.21 Å². The van der Waals surface area contributed by atoms with Crippen molar-refractivity contribution in [3.05, 3.63) is 38.8 Å². The van der Waals surface area contributed by atoms with Crippen molar-refractivity contribution in [1.82, 2.24) is 0 Å². The van der Waals surface area contributed by atoms with Gasteiger partial charge in [-0.3, -0.25) is 10.1 Å². The number of hydrogen-bond acceptors (Lipinski definition) is 3. The maximum atomic E-state index is 11.5. The molecule has 80 valence electrons. The van der Waals surface area contributed by atoms with E-state index in [1.54, 1.807) is 0 Å². The van der Waals surface area contributed by atoms with Crippen LogP contribution >= 0.6 is 0 Å². The minimum atomic E-state index is -0.402. The van der Waals surface area contributed by atoms with Gasteiger partial charge in [0.2, 0.25) is 5.69 Å². The Morgan fingerprint density at radius 2 is 2.33 bits per heavy atom. The maximum absolute atomic E-state index is 11.5. The van der Waals surface area contributed by atoms with Crippen LogP contribution in [0.2, 0.25) is 0 Å². The highest BCUT2D eigenvalue weighted by atomic mass is 16.6. The topological polar surface area (TPSA) is 70.1 Å². The molecule has 1 atom stereocenters. The summed E-state index contributed by atoms with van der Waals surface area (Å²) in [4.78, 5) is 10.4. The van der Waals surface area contributed by atoms with Gasteiger partial charge >= 0.3 is 0 Å². The van der Waals surface area contributed by atoms with Gasteiger partial charge in [-0.05, 0) is 18.8 Å². The van der Waals surface area contributed by atoms with E-state index < -0.39 is 4.92 Å². The van der Waals surface area contributed by atoms with Crippen LogP contribution in [0.4, 0.5) is 5.69 Å². The highest BCUT2D eigenvalue weighted by Gasteiger charge is 2.31. The zero-order chi connectivity index (χ0) is 11.0. The maximum Gasteiger partial charge on any atom is 0.285 e. The number of hydrogen-bond donors (Lipinski definition) is 0. The number of fused-ring (bicyclic) bond motifs is 1. The molecule has 0 fully saturated rings. The first kappa shape index (κ1) is 9.89. The largest absolute Gasteiger partial charge is 0.618 e. The highest BCUT2D eigenvalue weighted by molar-refractivity contribution is 5.43. The van der Waals surface area contributed by atoms with Crippen LogP contribution in [-0.2, 0) is 6.42 Å². The predicted molar refractivity (Wildman–Crippen MR) is 53.4 cm³/mol. The molecule has 0 aromatic carbocycles. The molecule has 1 aromatic heterocycles. The van der Waals surface area contributed by atoms with Crippen LogP contribution in [-0.4, -0.2) is 4.92 Å². The van der Waals surface area contributed by atoms with E-state index in [9.17, 15) is 15.3 Å². The third-order valence-corrected chi connectivity index (χ3v) is 2.96. The Kier molecular flexibility index (Phi) is 2.30. The molecule has 0 spiro atoms. The fraction of sp³-hybridized carbons (Fsp3) is 0.500. The normalized spacial score (nSPS) is 19.7. The van der Waals surface area contributed by atoms with Gasteiger partial charge in [0.25, 0.3) is 5.69 Å². The molecular formula is C10H12N2O3. The van der Waals surface area contributed by atoms with Gasteiger partial charge in [0.05, 0.1) is 11.0 Å². The second-order valence-corrected chi connectivity index (χ2v) is 3.94. The van der Waals surface area contributed by atoms with Gasteiger partial charge in [0.15, 0.2) is 6.20 Å². The van der Waals surface area contributed by atoms with Crippen molar-refractivity contribution < 1.29 is 9.65 Å². The van der Waals surface area contributed by atoms with Gasteiger partial charge in [0.1, 0.15) is 5.56 Å². The predicted octanol–water partition coefficient (Wildman–Crippen LogP) is 1.67. The summed E-state index contributed by atoms with van der Waals surface area (Å²) < 4.78 is 0.762. The molecular weight excluding hydrogens is 196 g/mol. The Labute approximate surface area is 87.1 Å². The summed E-state index contributed by atoms with van der Waals surface area (Å²) in [6.45, 7) is 1.94. The molecule has 0 radical (unpaired) electrons. The summed E-state index contributed by atoms with van der Waals surface area (Å²) in [5.41, 5.74) is 1.29. The van der Waals surface area contributed by atoms with E-state index >= 15 is 0 Å². The van der Waals surface area contributed by atoms with E-state index in [1.165, 1.54) is 12.3 Å². The molecule has 0 saturated carbocycles. The second kappa shape index (κ2) is 3.49. The lowest BCUT2D eigenvalue weighted by molar-refractivity contribution is -0.615. The summed E-state index contributed by atoms with van der Waals surface area (Å²) >= 11 is 0. The molecule has 1 aliphatic rings. The fourth-order valence-electron chi connectivity index (χ4n) is 2.25. The van der Waals surface area contributed by atoms with Crippen LogP contribution in [0, 0.1) is 15.3 Å². The van der Waals surface area contributed by atoms with Crippen LogP contribution < -0.4 is 4.73 Å². The van der Waals surface area contributed by atoms with E-state index in [4.69, 9.17) is 0 Å². The fourth-order valence-corrected chi connectivity index (χ4v) is 2.25. The van der Waals surface area contributed by atoms with Crippen molar-refractivity contribution in [3.8, 4) is 0 Å². The molecule has 1 aliphatic carbocycles. The van der Waals surface area contributed by atoms with Crippen molar-refractivity contribution >= 4 is 5.69 Å². The molecule has 5 nitrogen and oxygen atoms in total. The highest BCUT2D eigenvalue weighted by Crippen LogP contribution is 2.35. The van der Waals surface area contributed by atoms with Gasteiger partial charge in [-0.2, -0.15) is 4.73 Å². The van der Waals surface area contributed by atoms with Crippen molar-refractivity contribution in [2.75, 3.05) is 0 Å². The van der Waals surface area contributed by atoms with Gasteiger partial charge in [-0.1, -0.05) is 6.92 Å². The van der Waals surface area contributed by atoms with Crippen LogP contribution in [0.3, 0.4) is 0 Å². The summed E-state index contributed by atoms with van der Waals surface area (Å²) in [7, 11) is 0. The molecule has 0 aliphatic heterocycles. The number of rotatable bonds is 1. The number of nitro groups is 1. The lowest BCUT2D eigenvalue weighted by atomic mass is 9.86. The van der Waals surface area contributed by atoms with E-state index in [0.29, 0.717) is 17.7 Å². The molecule has 0 amide bonds. The van der Waals surface area contributed by atoms with E-state index in [1.807, 2.05) is 6.92 Å². The summed E-state index contributed by atoms with van der Waals surface area (Å²) in [5, 5.41) is 22.3. The minimum absolute atomic E-state index is 0.0873. The van der Waals surface area contributed by atoms with E-state index in [0.717, 1.165) is 17.6 Å². The van der Waals surface area contributed by atoms with Gasteiger partial charge in [0, 0.05) is 6.42 Å². The Morgan fingerprint density at radius 1 is 1.60 bits per heavy atom. The minimum Gasteiger partial charge on any atom is -0.618 e. The Morgan fingerprint density at radius 3 is 3.00 bits per heavy atom. The van der Waals surface area contributed by atoms with E-state index in [2.05, 4.69) is 0 Å². The van der Waals surface area contributed by atoms with Gasteiger partial charge in [-0.15, -0.1) is 0 Å². The lowest BCUT2D eigenvalue weighted by Gasteiger charge is -2.20. The monoisotopic (exact) mass is 208 g/mol. The Hall–Kier alpha value is -1.65. The Bertz CT molecular complexity index is 417. The second-order valence-electron chi connectivity index (χ2n) is 3.94. The average molecular weight is 208 g/mol. The molecule has 0 bridgehead atoms. The molecule has 1 heterocycles. The third-order valence-electron chi connectivity index (χ3n) is 2.96. The number of nitrogens with zero attached hydrogens (tertiary/aromatic N) is 2. The average Bonchev–Trinajstić information content (AvgIpc) is 2.19. The van der Waals surface area contributed by atoms with Gasteiger partial charge in [-0.25, -0.2) is 0 Å². The first-order chi connectivity index (χ1) is 7.11. The quantitative estimate of drug-likeness (QED) is 0.305. The molecule has 1 aromatic rings. The molecule has 2 rings (SSSR count). The standard InChI is InChI=1S/C10H12N2O3/c1-7-3-2-4-8-10(7)9(12(14)15)5-6-11(8)13/h5-7H,2-4H2,1H3. The van der Waals surface area contributed by atoms with Crippen molar-refractivity contribution in [3.63, 3.8) is 0 Å². The molecule has 15 heavy (non-hydrogen) atoms. The third kappa shape index (κ3) is 1.54. The van der Waals surface area contributed by atoms with Crippen LogP contribution in [0.15, 0.2) is 12.3 Å². The smallest absolute Gasteiger partial charge is 0.285 e. The Balaban J connectivity index is 2.65. The molecule has 0 saturated heterocycles. The molecule has 5 heteroatoms. The SMILES string of the molecule is CC1CCCc2c1c([N+](=O)[O-])cc[n+]2[O-]. The number of aromatic nitrogens is 1. The summed E-state index contributed by atoms with van der Waals surface area (Å²) in [6.07, 6.45) is 3.72. The van der Waals surface area contributed by atoms with Crippen molar-refractivity contribution in [1.29, 1.82) is 0 Å². The summed E-state index contributed by atoms with van der Waals surface area (Å²) in [5.74, 6) is 0.107. The van der Waals surface area contributed by atoms with Crippen molar-refractivity contribution in [2.45, 2.75) is 32.1 Å². The summed E-state index contributed by atoms with van der Waals surface area (Å²) in [6, 6.07) is 1.30. The zero-order valence-corrected chi connectivity index (χ0v) is 8.47. The van der Waals surface area contributed by atoms with Crippen molar-refractivity contribution in [2.24, 2.45) is 0 Å². The van der Waals surface area contributed by atoms with Crippen LogP contribution in [0.1, 0.15) is 36.9 Å². The first-order valence-corrected chi connectivity index (χ1v) is 5.00. The zero-order valence-electron chi connectivity index (χ0n) is 8.47. The van der Waals surface area contributed by atoms with Crippen LogP contribution in [0.5, 0.6) is 0 Å².